The number of halogens is 1. The molecule has 98 valence electrons. The van der Waals surface area contributed by atoms with E-state index in [4.69, 9.17) is 17.3 Å². The van der Waals surface area contributed by atoms with E-state index in [-0.39, 0.29) is 11.9 Å². The van der Waals surface area contributed by atoms with E-state index in [1.807, 2.05) is 0 Å². The van der Waals surface area contributed by atoms with Crippen molar-refractivity contribution < 1.29 is 4.79 Å². The number of aromatic nitrogens is 1. The van der Waals surface area contributed by atoms with Crippen LogP contribution in [0, 0.1) is 0 Å². The summed E-state index contributed by atoms with van der Waals surface area (Å²) in [4.78, 5) is 17.9. The second-order valence-corrected chi connectivity index (χ2v) is 4.96. The summed E-state index contributed by atoms with van der Waals surface area (Å²) in [7, 11) is 0. The lowest BCUT2D eigenvalue weighted by Crippen LogP contribution is -2.43. The monoisotopic (exact) mass is 268 g/mol. The zero-order valence-corrected chi connectivity index (χ0v) is 10.9. The quantitative estimate of drug-likeness (QED) is 0.861. The molecule has 3 N–H and O–H groups in total. The van der Waals surface area contributed by atoms with Crippen molar-refractivity contribution in [1.82, 2.24) is 9.88 Å². The molecule has 1 amide bonds. The number of nitrogens with one attached hydrogen (secondary N) is 1. The van der Waals surface area contributed by atoms with Gasteiger partial charge in [-0.3, -0.25) is 9.69 Å². The number of rotatable bonds is 3. The van der Waals surface area contributed by atoms with Crippen LogP contribution in [0.3, 0.4) is 0 Å². The highest BCUT2D eigenvalue weighted by Gasteiger charge is 2.18. The first-order valence-corrected chi connectivity index (χ1v) is 6.40. The van der Waals surface area contributed by atoms with Gasteiger partial charge >= 0.3 is 0 Å². The van der Waals surface area contributed by atoms with Gasteiger partial charge in [0.2, 0.25) is 5.91 Å². The standard InChI is InChI=1S/C12H17ClN4O/c13-9-1-2-11(15-7-9)16-12(18)8-17-5-3-10(14)4-6-17/h1-2,7,10H,3-6,8,14H2,(H,15,16,18). The Bertz CT molecular complexity index is 401. The Kier molecular flexibility index (Phi) is 4.52. The minimum atomic E-state index is -0.0553. The third-order valence-electron chi connectivity index (χ3n) is 2.99. The van der Waals surface area contributed by atoms with Gasteiger partial charge in [-0.15, -0.1) is 0 Å². The molecule has 1 aromatic heterocycles. The molecule has 2 heterocycles. The maximum absolute atomic E-state index is 11.8. The Morgan fingerprint density at radius 1 is 1.50 bits per heavy atom. The molecule has 1 aliphatic rings. The second kappa shape index (κ2) is 6.13. The number of piperidine rings is 1. The van der Waals surface area contributed by atoms with Gasteiger partial charge in [0.05, 0.1) is 11.6 Å². The first kappa shape index (κ1) is 13.3. The molecule has 1 fully saturated rings. The Balaban J connectivity index is 1.80. The molecule has 0 radical (unpaired) electrons. The fraction of sp³-hybridized carbons (Fsp3) is 0.500. The van der Waals surface area contributed by atoms with Crippen LogP contribution in [0.2, 0.25) is 5.02 Å². The summed E-state index contributed by atoms with van der Waals surface area (Å²) >= 11 is 5.72. The lowest BCUT2D eigenvalue weighted by atomic mass is 10.1. The molecular formula is C12H17ClN4O. The van der Waals surface area contributed by atoms with Crippen molar-refractivity contribution in [1.29, 1.82) is 0 Å². The Hall–Kier alpha value is -1.17. The predicted molar refractivity (Wildman–Crippen MR) is 71.5 cm³/mol. The number of anilines is 1. The summed E-state index contributed by atoms with van der Waals surface area (Å²) in [5, 5.41) is 3.30. The number of pyridine rings is 1. The Morgan fingerprint density at radius 3 is 2.83 bits per heavy atom. The van der Waals surface area contributed by atoms with E-state index in [2.05, 4.69) is 15.2 Å². The van der Waals surface area contributed by atoms with Crippen LogP contribution in [-0.2, 0) is 4.79 Å². The highest BCUT2D eigenvalue weighted by atomic mass is 35.5. The molecular weight excluding hydrogens is 252 g/mol. The summed E-state index contributed by atoms with van der Waals surface area (Å²) in [6.07, 6.45) is 3.41. The lowest BCUT2D eigenvalue weighted by molar-refractivity contribution is -0.117. The zero-order valence-electron chi connectivity index (χ0n) is 10.1. The lowest BCUT2D eigenvalue weighted by Gasteiger charge is -2.29. The number of hydrogen-bond donors (Lipinski definition) is 2. The van der Waals surface area contributed by atoms with Crippen LogP contribution in [0.25, 0.3) is 0 Å². The number of nitrogens with two attached hydrogens (primary N) is 1. The normalized spacial score (nSPS) is 17.7. The van der Waals surface area contributed by atoms with Crippen LogP contribution >= 0.6 is 11.6 Å². The molecule has 0 spiro atoms. The van der Waals surface area contributed by atoms with E-state index in [0.717, 1.165) is 25.9 Å². The Labute approximate surface area is 111 Å². The van der Waals surface area contributed by atoms with Crippen molar-refractivity contribution in [3.05, 3.63) is 23.4 Å². The smallest absolute Gasteiger partial charge is 0.239 e. The van der Waals surface area contributed by atoms with E-state index < -0.39 is 0 Å². The minimum Gasteiger partial charge on any atom is -0.328 e. The van der Waals surface area contributed by atoms with Gasteiger partial charge in [-0.05, 0) is 25.0 Å². The van der Waals surface area contributed by atoms with Crippen LogP contribution in [0.4, 0.5) is 5.82 Å². The number of carbonyl (C=O) groups excluding carboxylic acids is 1. The molecule has 2 rings (SSSR count). The van der Waals surface area contributed by atoms with E-state index in [0.29, 0.717) is 17.4 Å². The highest BCUT2D eigenvalue weighted by Crippen LogP contribution is 2.10. The molecule has 6 heteroatoms. The fourth-order valence-electron chi connectivity index (χ4n) is 1.95. The number of carbonyl (C=O) groups is 1. The minimum absolute atomic E-state index is 0.0553. The van der Waals surface area contributed by atoms with Crippen molar-refractivity contribution >= 4 is 23.3 Å². The van der Waals surface area contributed by atoms with E-state index >= 15 is 0 Å². The van der Waals surface area contributed by atoms with Crippen molar-refractivity contribution in [2.24, 2.45) is 5.73 Å². The number of amides is 1. The van der Waals surface area contributed by atoms with Gasteiger partial charge in [0.25, 0.3) is 0 Å². The number of likely N-dealkylation sites (tertiary alicyclic amines) is 1. The van der Waals surface area contributed by atoms with Crippen molar-refractivity contribution in [3.63, 3.8) is 0 Å². The van der Waals surface area contributed by atoms with Crippen LogP contribution in [0.15, 0.2) is 18.3 Å². The van der Waals surface area contributed by atoms with Gasteiger partial charge in [0, 0.05) is 25.3 Å². The third kappa shape index (κ3) is 3.94. The topological polar surface area (TPSA) is 71.2 Å². The molecule has 0 saturated carbocycles. The van der Waals surface area contributed by atoms with Gasteiger partial charge in [-0.2, -0.15) is 0 Å². The maximum Gasteiger partial charge on any atom is 0.239 e. The average molecular weight is 269 g/mol. The van der Waals surface area contributed by atoms with Gasteiger partial charge in [0.1, 0.15) is 5.82 Å². The van der Waals surface area contributed by atoms with Gasteiger partial charge < -0.3 is 11.1 Å². The highest BCUT2D eigenvalue weighted by molar-refractivity contribution is 6.30. The summed E-state index contributed by atoms with van der Waals surface area (Å²) in [5.74, 6) is 0.471. The maximum atomic E-state index is 11.8. The van der Waals surface area contributed by atoms with Crippen LogP contribution in [-0.4, -0.2) is 41.5 Å². The van der Waals surface area contributed by atoms with Crippen molar-refractivity contribution in [3.8, 4) is 0 Å². The molecule has 5 nitrogen and oxygen atoms in total. The van der Waals surface area contributed by atoms with E-state index in [1.165, 1.54) is 6.20 Å². The molecule has 0 atom stereocenters. The van der Waals surface area contributed by atoms with Crippen molar-refractivity contribution in [2.75, 3.05) is 25.0 Å². The summed E-state index contributed by atoms with van der Waals surface area (Å²) in [6.45, 7) is 2.14. The third-order valence-corrected chi connectivity index (χ3v) is 3.22. The molecule has 0 aromatic carbocycles. The summed E-state index contributed by atoms with van der Waals surface area (Å²) in [6, 6.07) is 3.67. The molecule has 1 aromatic rings. The number of hydrogen-bond acceptors (Lipinski definition) is 4. The molecule has 0 unspecified atom stereocenters. The van der Waals surface area contributed by atoms with E-state index in [9.17, 15) is 4.79 Å². The molecule has 18 heavy (non-hydrogen) atoms. The van der Waals surface area contributed by atoms with Crippen LogP contribution < -0.4 is 11.1 Å². The second-order valence-electron chi connectivity index (χ2n) is 4.52. The zero-order chi connectivity index (χ0) is 13.0. The molecule has 1 saturated heterocycles. The first-order valence-electron chi connectivity index (χ1n) is 6.03. The summed E-state index contributed by atoms with van der Waals surface area (Å²) in [5.41, 5.74) is 5.82. The number of nitrogens with zero attached hydrogens (tertiary/aromatic N) is 2. The average Bonchev–Trinajstić information content (AvgIpc) is 2.35. The largest absolute Gasteiger partial charge is 0.328 e. The first-order chi connectivity index (χ1) is 8.63. The predicted octanol–water partition coefficient (Wildman–Crippen LogP) is 1.10. The van der Waals surface area contributed by atoms with Gasteiger partial charge in [-0.25, -0.2) is 4.98 Å². The van der Waals surface area contributed by atoms with E-state index in [1.54, 1.807) is 12.1 Å². The summed E-state index contributed by atoms with van der Waals surface area (Å²) < 4.78 is 0. The Morgan fingerprint density at radius 2 is 2.22 bits per heavy atom. The molecule has 1 aliphatic heterocycles. The van der Waals surface area contributed by atoms with Crippen LogP contribution in [0.1, 0.15) is 12.8 Å². The fourth-order valence-corrected chi connectivity index (χ4v) is 2.06. The van der Waals surface area contributed by atoms with Crippen molar-refractivity contribution in [2.45, 2.75) is 18.9 Å². The van der Waals surface area contributed by atoms with Crippen LogP contribution in [0.5, 0.6) is 0 Å². The molecule has 0 aliphatic carbocycles. The molecule has 0 bridgehead atoms. The van der Waals surface area contributed by atoms with Gasteiger partial charge in [-0.1, -0.05) is 11.6 Å². The SMILES string of the molecule is NC1CCN(CC(=O)Nc2ccc(Cl)cn2)CC1. The van der Waals surface area contributed by atoms with Gasteiger partial charge in [0.15, 0.2) is 0 Å².